The second-order valence-electron chi connectivity index (χ2n) is 6.56. The van der Waals surface area contributed by atoms with E-state index in [1.54, 1.807) is 6.08 Å². The zero-order valence-corrected chi connectivity index (χ0v) is 15.7. The summed E-state index contributed by atoms with van der Waals surface area (Å²) in [5.74, 6) is -0.440. The van der Waals surface area contributed by atoms with E-state index in [1.807, 2.05) is 56.3 Å². The van der Waals surface area contributed by atoms with Gasteiger partial charge in [0.2, 0.25) is 0 Å². The van der Waals surface area contributed by atoms with E-state index in [1.165, 1.54) is 11.6 Å². The number of ether oxygens (including phenoxy) is 1. The third-order valence-electron chi connectivity index (χ3n) is 4.24. The van der Waals surface area contributed by atoms with Crippen molar-refractivity contribution in [1.29, 1.82) is 0 Å². The summed E-state index contributed by atoms with van der Waals surface area (Å²) in [6.07, 6.45) is 3.00. The number of benzene rings is 2. The molecule has 0 radical (unpaired) electrons. The molecule has 4 heteroatoms. The van der Waals surface area contributed by atoms with Crippen LogP contribution in [-0.4, -0.2) is 18.5 Å². The van der Waals surface area contributed by atoms with E-state index in [2.05, 4.69) is 19.2 Å². The minimum atomic E-state index is -0.547. The molecule has 0 bridgehead atoms. The smallest absolute Gasteiger partial charge is 0.331 e. The number of rotatable bonds is 6. The van der Waals surface area contributed by atoms with Gasteiger partial charge in [0, 0.05) is 11.8 Å². The Balaban J connectivity index is 1.84. The van der Waals surface area contributed by atoms with Gasteiger partial charge in [-0.2, -0.15) is 0 Å². The van der Waals surface area contributed by atoms with E-state index in [0.29, 0.717) is 5.92 Å². The molecule has 1 amide bonds. The first kappa shape index (κ1) is 19.4. The number of amides is 1. The molecule has 0 unspecified atom stereocenters. The van der Waals surface area contributed by atoms with E-state index in [-0.39, 0.29) is 12.5 Å². The van der Waals surface area contributed by atoms with Gasteiger partial charge in [-0.05, 0) is 54.2 Å². The van der Waals surface area contributed by atoms with E-state index in [4.69, 9.17) is 4.74 Å². The Morgan fingerprint density at radius 2 is 1.77 bits per heavy atom. The maximum atomic E-state index is 11.9. The van der Waals surface area contributed by atoms with Gasteiger partial charge in [0.1, 0.15) is 0 Å². The van der Waals surface area contributed by atoms with Crippen molar-refractivity contribution in [3.8, 4) is 0 Å². The van der Waals surface area contributed by atoms with Gasteiger partial charge in [-0.25, -0.2) is 4.79 Å². The van der Waals surface area contributed by atoms with Crippen LogP contribution >= 0.6 is 0 Å². The maximum absolute atomic E-state index is 11.9. The van der Waals surface area contributed by atoms with E-state index in [9.17, 15) is 9.59 Å². The Morgan fingerprint density at radius 1 is 1.08 bits per heavy atom. The van der Waals surface area contributed by atoms with Crippen molar-refractivity contribution in [2.24, 2.45) is 0 Å². The Labute approximate surface area is 154 Å². The number of carbonyl (C=O) groups excluding carboxylic acids is 2. The number of anilines is 1. The molecule has 0 heterocycles. The second-order valence-corrected chi connectivity index (χ2v) is 6.56. The van der Waals surface area contributed by atoms with Crippen molar-refractivity contribution in [1.82, 2.24) is 0 Å². The van der Waals surface area contributed by atoms with Crippen molar-refractivity contribution in [2.45, 2.75) is 33.6 Å². The van der Waals surface area contributed by atoms with Gasteiger partial charge in [0.25, 0.3) is 5.91 Å². The molecule has 0 saturated carbocycles. The fraction of sp³-hybridized carbons (Fsp3) is 0.273. The maximum Gasteiger partial charge on any atom is 0.331 e. The number of hydrogen-bond acceptors (Lipinski definition) is 3. The normalized spacial score (nSPS) is 11.0. The largest absolute Gasteiger partial charge is 0.452 e. The Hall–Kier alpha value is -2.88. The third kappa shape index (κ3) is 5.59. The van der Waals surface area contributed by atoms with Gasteiger partial charge in [-0.1, -0.05) is 50.2 Å². The first-order valence-electron chi connectivity index (χ1n) is 8.67. The van der Waals surface area contributed by atoms with Crippen LogP contribution in [0.25, 0.3) is 6.08 Å². The van der Waals surface area contributed by atoms with Crippen LogP contribution in [0.15, 0.2) is 48.5 Å². The van der Waals surface area contributed by atoms with Gasteiger partial charge in [0.15, 0.2) is 6.61 Å². The van der Waals surface area contributed by atoms with Gasteiger partial charge < -0.3 is 10.1 Å². The molecular weight excluding hydrogens is 326 g/mol. The van der Waals surface area contributed by atoms with Gasteiger partial charge in [0.05, 0.1) is 0 Å². The number of aryl methyl sites for hydroxylation is 1. The molecule has 2 aromatic carbocycles. The predicted molar refractivity (Wildman–Crippen MR) is 105 cm³/mol. The molecule has 0 aliphatic carbocycles. The highest BCUT2D eigenvalue weighted by molar-refractivity contribution is 5.95. The third-order valence-corrected chi connectivity index (χ3v) is 4.24. The van der Waals surface area contributed by atoms with Crippen LogP contribution in [0, 0.1) is 13.8 Å². The highest BCUT2D eigenvalue weighted by atomic mass is 16.5. The molecule has 1 N–H and O–H groups in total. The average molecular weight is 351 g/mol. The number of carbonyl (C=O) groups is 2. The lowest BCUT2D eigenvalue weighted by molar-refractivity contribution is -0.142. The van der Waals surface area contributed by atoms with Crippen molar-refractivity contribution in [2.75, 3.05) is 11.9 Å². The molecule has 136 valence electrons. The summed E-state index contributed by atoms with van der Waals surface area (Å²) in [6, 6.07) is 13.6. The summed E-state index contributed by atoms with van der Waals surface area (Å²) in [5, 5.41) is 2.76. The lowest BCUT2D eigenvalue weighted by atomic mass is 10.0. The molecule has 4 nitrogen and oxygen atoms in total. The Kier molecular flexibility index (Phi) is 6.73. The summed E-state index contributed by atoms with van der Waals surface area (Å²) >= 11 is 0. The fourth-order valence-corrected chi connectivity index (χ4v) is 2.41. The molecule has 0 saturated heterocycles. The molecule has 0 spiro atoms. The minimum Gasteiger partial charge on any atom is -0.452 e. The molecule has 0 fully saturated rings. The summed E-state index contributed by atoms with van der Waals surface area (Å²) in [4.78, 5) is 23.7. The zero-order chi connectivity index (χ0) is 19.1. The quantitative estimate of drug-likeness (QED) is 0.610. The highest BCUT2D eigenvalue weighted by Crippen LogP contribution is 2.18. The number of esters is 1. The van der Waals surface area contributed by atoms with Crippen LogP contribution in [0.5, 0.6) is 0 Å². The van der Waals surface area contributed by atoms with Crippen LogP contribution < -0.4 is 5.32 Å². The molecule has 0 aliphatic heterocycles. The summed E-state index contributed by atoms with van der Waals surface area (Å²) < 4.78 is 4.99. The van der Waals surface area contributed by atoms with Crippen molar-refractivity contribution < 1.29 is 14.3 Å². The van der Waals surface area contributed by atoms with E-state index in [0.717, 1.165) is 22.4 Å². The molecule has 0 aliphatic rings. The molecule has 2 aromatic rings. The van der Waals surface area contributed by atoms with Gasteiger partial charge in [-0.15, -0.1) is 0 Å². The van der Waals surface area contributed by atoms with Crippen molar-refractivity contribution in [3.05, 3.63) is 70.8 Å². The molecule has 2 rings (SSSR count). The SMILES string of the molecule is Cc1cccc(NC(=O)COC(=O)/C=C/c2ccc(C(C)C)cc2)c1C. The Bertz CT molecular complexity index is 805. The number of hydrogen-bond donors (Lipinski definition) is 1. The topological polar surface area (TPSA) is 55.4 Å². The zero-order valence-electron chi connectivity index (χ0n) is 15.7. The lowest BCUT2D eigenvalue weighted by Gasteiger charge is -2.10. The first-order chi connectivity index (χ1) is 12.4. The highest BCUT2D eigenvalue weighted by Gasteiger charge is 2.08. The summed E-state index contributed by atoms with van der Waals surface area (Å²) in [6.45, 7) is 7.85. The van der Waals surface area contributed by atoms with Crippen molar-refractivity contribution >= 4 is 23.6 Å². The van der Waals surface area contributed by atoms with Gasteiger partial charge >= 0.3 is 5.97 Å². The van der Waals surface area contributed by atoms with Crippen LogP contribution in [0.4, 0.5) is 5.69 Å². The average Bonchev–Trinajstić information content (AvgIpc) is 2.62. The van der Waals surface area contributed by atoms with Crippen LogP contribution in [0.1, 0.15) is 42.0 Å². The molecule has 0 aromatic heterocycles. The lowest BCUT2D eigenvalue weighted by Crippen LogP contribution is -2.20. The van der Waals surface area contributed by atoms with Crippen LogP contribution in [0.2, 0.25) is 0 Å². The minimum absolute atomic E-state index is 0.317. The summed E-state index contributed by atoms with van der Waals surface area (Å²) in [7, 11) is 0. The second kappa shape index (κ2) is 8.99. The standard InChI is InChI=1S/C22H25NO3/c1-15(2)19-11-8-18(9-12-19)10-13-22(25)26-14-21(24)23-20-7-5-6-16(3)17(20)4/h5-13,15H,14H2,1-4H3,(H,23,24)/b13-10+. The number of nitrogens with one attached hydrogen (secondary N) is 1. The summed E-state index contributed by atoms with van der Waals surface area (Å²) in [5.41, 5.74) is 4.97. The monoisotopic (exact) mass is 351 g/mol. The predicted octanol–water partition coefficient (Wildman–Crippen LogP) is 4.62. The molecular formula is C22H25NO3. The van der Waals surface area contributed by atoms with Crippen molar-refractivity contribution in [3.63, 3.8) is 0 Å². The Morgan fingerprint density at radius 3 is 2.42 bits per heavy atom. The molecule has 26 heavy (non-hydrogen) atoms. The van der Waals surface area contributed by atoms with Crippen LogP contribution in [0.3, 0.4) is 0 Å². The van der Waals surface area contributed by atoms with Gasteiger partial charge in [-0.3, -0.25) is 4.79 Å². The van der Waals surface area contributed by atoms with E-state index < -0.39 is 5.97 Å². The fourth-order valence-electron chi connectivity index (χ4n) is 2.41. The molecule has 0 atom stereocenters. The van der Waals surface area contributed by atoms with Crippen LogP contribution in [-0.2, 0) is 14.3 Å². The van der Waals surface area contributed by atoms with E-state index >= 15 is 0 Å². The first-order valence-corrected chi connectivity index (χ1v) is 8.67.